The highest BCUT2D eigenvalue weighted by Gasteiger charge is 2.03. The number of aromatic nitrogens is 1. The van der Waals surface area contributed by atoms with Gasteiger partial charge in [0.25, 0.3) is 0 Å². The third-order valence-electron chi connectivity index (χ3n) is 2.67. The van der Waals surface area contributed by atoms with Crippen molar-refractivity contribution in [1.29, 1.82) is 0 Å². The van der Waals surface area contributed by atoms with Gasteiger partial charge in [-0.3, -0.25) is 0 Å². The SMILES string of the molecule is Cc1ccc(C)c(OCCc2ncc(CO)s2)c1. The lowest BCUT2D eigenvalue weighted by molar-refractivity contribution is 0.285. The van der Waals surface area contributed by atoms with Gasteiger partial charge in [0.2, 0.25) is 0 Å². The zero-order valence-electron chi connectivity index (χ0n) is 10.6. The third-order valence-corrected chi connectivity index (χ3v) is 3.72. The Labute approximate surface area is 111 Å². The van der Waals surface area contributed by atoms with Crippen LogP contribution in [0.15, 0.2) is 24.4 Å². The molecule has 1 N–H and O–H groups in total. The standard InChI is InChI=1S/C14H17NO2S/c1-10-3-4-11(2)13(7-10)17-6-5-14-15-8-12(9-16)18-14/h3-4,7-8,16H,5-6,9H2,1-2H3. The highest BCUT2D eigenvalue weighted by Crippen LogP contribution is 2.20. The summed E-state index contributed by atoms with van der Waals surface area (Å²) in [4.78, 5) is 5.14. The van der Waals surface area contributed by atoms with Crippen molar-refractivity contribution in [2.24, 2.45) is 0 Å². The van der Waals surface area contributed by atoms with Gasteiger partial charge in [0.1, 0.15) is 5.75 Å². The van der Waals surface area contributed by atoms with Crippen LogP contribution >= 0.6 is 11.3 Å². The number of aliphatic hydroxyl groups is 1. The lowest BCUT2D eigenvalue weighted by Gasteiger charge is -2.08. The van der Waals surface area contributed by atoms with Gasteiger partial charge in [-0.25, -0.2) is 4.98 Å². The average Bonchev–Trinajstić information content (AvgIpc) is 2.81. The van der Waals surface area contributed by atoms with Crippen molar-refractivity contribution in [3.05, 3.63) is 45.4 Å². The van der Waals surface area contributed by atoms with Gasteiger partial charge < -0.3 is 9.84 Å². The number of aliphatic hydroxyl groups excluding tert-OH is 1. The van der Waals surface area contributed by atoms with Crippen LogP contribution in [0.1, 0.15) is 21.0 Å². The molecule has 1 aromatic heterocycles. The second kappa shape index (κ2) is 5.98. The van der Waals surface area contributed by atoms with Gasteiger partial charge >= 0.3 is 0 Å². The summed E-state index contributed by atoms with van der Waals surface area (Å²) >= 11 is 1.53. The first-order valence-corrected chi connectivity index (χ1v) is 6.75. The monoisotopic (exact) mass is 263 g/mol. The smallest absolute Gasteiger partial charge is 0.122 e. The van der Waals surface area contributed by atoms with Crippen molar-refractivity contribution in [3.63, 3.8) is 0 Å². The Bertz CT molecular complexity index is 522. The lowest BCUT2D eigenvalue weighted by atomic mass is 10.1. The minimum Gasteiger partial charge on any atom is -0.493 e. The summed E-state index contributed by atoms with van der Waals surface area (Å²) in [7, 11) is 0. The van der Waals surface area contributed by atoms with Gasteiger partial charge in [0, 0.05) is 12.6 Å². The van der Waals surface area contributed by atoms with E-state index in [1.807, 2.05) is 6.92 Å². The highest BCUT2D eigenvalue weighted by atomic mass is 32.1. The highest BCUT2D eigenvalue weighted by molar-refractivity contribution is 7.11. The number of benzene rings is 1. The molecular weight excluding hydrogens is 246 g/mol. The molecule has 0 spiro atoms. The van der Waals surface area contributed by atoms with Gasteiger partial charge in [-0.2, -0.15) is 0 Å². The van der Waals surface area contributed by atoms with Gasteiger partial charge in [0.15, 0.2) is 0 Å². The molecule has 0 fully saturated rings. The fraction of sp³-hybridized carbons (Fsp3) is 0.357. The minimum absolute atomic E-state index is 0.0650. The number of rotatable bonds is 5. The minimum atomic E-state index is 0.0650. The van der Waals surface area contributed by atoms with E-state index in [1.165, 1.54) is 16.9 Å². The van der Waals surface area contributed by atoms with E-state index in [9.17, 15) is 0 Å². The molecule has 18 heavy (non-hydrogen) atoms. The molecule has 0 aliphatic rings. The third kappa shape index (κ3) is 3.31. The molecule has 0 saturated carbocycles. The maximum absolute atomic E-state index is 8.96. The van der Waals surface area contributed by atoms with Crippen molar-refractivity contribution in [3.8, 4) is 5.75 Å². The molecule has 2 rings (SSSR count). The molecule has 4 heteroatoms. The predicted molar refractivity (Wildman–Crippen MR) is 73.2 cm³/mol. The lowest BCUT2D eigenvalue weighted by Crippen LogP contribution is -2.02. The molecule has 0 saturated heterocycles. The Kier molecular flexibility index (Phi) is 4.33. The van der Waals surface area contributed by atoms with Crippen molar-refractivity contribution in [1.82, 2.24) is 4.98 Å². The molecule has 0 amide bonds. The van der Waals surface area contributed by atoms with E-state index in [1.54, 1.807) is 6.20 Å². The Morgan fingerprint density at radius 1 is 1.33 bits per heavy atom. The summed E-state index contributed by atoms with van der Waals surface area (Å²) < 4.78 is 5.77. The number of ether oxygens (including phenoxy) is 1. The predicted octanol–water partition coefficient (Wildman–Crippen LogP) is 2.87. The molecule has 0 aliphatic heterocycles. The Balaban J connectivity index is 1.90. The maximum Gasteiger partial charge on any atom is 0.122 e. The van der Waals surface area contributed by atoms with Crippen molar-refractivity contribution in [2.45, 2.75) is 26.9 Å². The molecule has 1 heterocycles. The first-order valence-electron chi connectivity index (χ1n) is 5.93. The Morgan fingerprint density at radius 3 is 2.89 bits per heavy atom. The van der Waals surface area contributed by atoms with Crippen molar-refractivity contribution in [2.75, 3.05) is 6.61 Å². The molecule has 0 unspecified atom stereocenters. The van der Waals surface area contributed by atoms with Crippen molar-refractivity contribution >= 4 is 11.3 Å². The van der Waals surface area contributed by atoms with E-state index in [2.05, 4.69) is 30.1 Å². The molecule has 0 bridgehead atoms. The van der Waals surface area contributed by atoms with Gasteiger partial charge in [-0.1, -0.05) is 12.1 Å². The Hall–Kier alpha value is -1.39. The fourth-order valence-corrected chi connectivity index (χ4v) is 2.41. The van der Waals surface area contributed by atoms with E-state index in [-0.39, 0.29) is 6.61 Å². The van der Waals surface area contributed by atoms with Crippen LogP contribution in [-0.2, 0) is 13.0 Å². The second-order valence-electron chi connectivity index (χ2n) is 4.25. The quantitative estimate of drug-likeness (QED) is 0.902. The topological polar surface area (TPSA) is 42.4 Å². The molecule has 0 atom stereocenters. The summed E-state index contributed by atoms with van der Waals surface area (Å²) in [5.41, 5.74) is 2.35. The van der Waals surface area contributed by atoms with E-state index < -0.39 is 0 Å². The molecule has 96 valence electrons. The van der Waals surface area contributed by atoms with Crippen LogP contribution in [0.4, 0.5) is 0 Å². The van der Waals surface area contributed by atoms with Crippen LogP contribution < -0.4 is 4.74 Å². The average molecular weight is 263 g/mol. The van der Waals surface area contributed by atoms with Crippen LogP contribution in [0.5, 0.6) is 5.75 Å². The van der Waals surface area contributed by atoms with E-state index in [0.717, 1.165) is 27.6 Å². The number of hydrogen-bond acceptors (Lipinski definition) is 4. The molecule has 2 aromatic rings. The normalized spacial score (nSPS) is 10.6. The largest absolute Gasteiger partial charge is 0.493 e. The number of aryl methyl sites for hydroxylation is 2. The van der Waals surface area contributed by atoms with Gasteiger partial charge in [-0.15, -0.1) is 11.3 Å². The second-order valence-corrected chi connectivity index (χ2v) is 5.45. The molecule has 3 nitrogen and oxygen atoms in total. The summed E-state index contributed by atoms with van der Waals surface area (Å²) in [5, 5.41) is 9.96. The molecule has 0 aliphatic carbocycles. The van der Waals surface area contributed by atoms with Crippen LogP contribution in [0.2, 0.25) is 0 Å². The maximum atomic E-state index is 8.96. The number of thiazole rings is 1. The zero-order chi connectivity index (χ0) is 13.0. The van der Waals surface area contributed by atoms with Gasteiger partial charge in [-0.05, 0) is 31.0 Å². The van der Waals surface area contributed by atoms with Crippen LogP contribution in [0.3, 0.4) is 0 Å². The van der Waals surface area contributed by atoms with Crippen LogP contribution in [-0.4, -0.2) is 16.7 Å². The van der Waals surface area contributed by atoms with Gasteiger partial charge in [0.05, 0.1) is 23.1 Å². The van der Waals surface area contributed by atoms with E-state index in [4.69, 9.17) is 9.84 Å². The molecular formula is C14H17NO2S. The van der Waals surface area contributed by atoms with E-state index >= 15 is 0 Å². The first kappa shape index (κ1) is 13.1. The van der Waals surface area contributed by atoms with Crippen LogP contribution in [0.25, 0.3) is 0 Å². The summed E-state index contributed by atoms with van der Waals surface area (Å²) in [6, 6.07) is 6.20. The molecule has 0 radical (unpaired) electrons. The van der Waals surface area contributed by atoms with Crippen molar-refractivity contribution < 1.29 is 9.84 Å². The summed E-state index contributed by atoms with van der Waals surface area (Å²) in [6.45, 7) is 4.78. The Morgan fingerprint density at radius 2 is 2.17 bits per heavy atom. The number of hydrogen-bond donors (Lipinski definition) is 1. The zero-order valence-corrected chi connectivity index (χ0v) is 11.5. The first-order chi connectivity index (χ1) is 8.69. The summed E-state index contributed by atoms with van der Waals surface area (Å²) in [6.07, 6.45) is 2.50. The molecule has 1 aromatic carbocycles. The van der Waals surface area contributed by atoms with Crippen LogP contribution in [0, 0.1) is 13.8 Å². The summed E-state index contributed by atoms with van der Waals surface area (Å²) in [5.74, 6) is 0.939. The van der Waals surface area contributed by atoms with E-state index in [0.29, 0.717) is 6.61 Å². The fourth-order valence-electron chi connectivity index (χ4n) is 1.65. The number of nitrogens with zero attached hydrogens (tertiary/aromatic N) is 1.